The summed E-state index contributed by atoms with van der Waals surface area (Å²) in [5.41, 5.74) is -1.02. The second-order valence-electron chi connectivity index (χ2n) is 6.31. The maximum Gasteiger partial charge on any atom is 0.519 e. The van der Waals surface area contributed by atoms with Crippen molar-refractivity contribution in [1.29, 1.82) is 0 Å². The Bertz CT molecular complexity index is 357. The third kappa shape index (κ3) is 2.69. The van der Waals surface area contributed by atoms with E-state index < -0.39 is 23.5 Å². The summed E-state index contributed by atoms with van der Waals surface area (Å²) in [6, 6.07) is 0. The molecule has 0 saturated heterocycles. The smallest absolute Gasteiger partial charge is 0.427 e. The molecule has 0 aromatic carbocycles. The van der Waals surface area contributed by atoms with E-state index in [4.69, 9.17) is 9.47 Å². The molecular weight excluding hydrogens is 248 g/mol. The molecule has 0 heterocycles. The van der Waals surface area contributed by atoms with E-state index in [-0.39, 0.29) is 0 Å². The first-order chi connectivity index (χ1) is 8.75. The van der Waals surface area contributed by atoms with E-state index in [1.54, 1.807) is 0 Å². The first-order valence-corrected chi connectivity index (χ1v) is 6.89. The van der Waals surface area contributed by atoms with Crippen LogP contribution in [-0.4, -0.2) is 23.5 Å². The molecule has 0 amide bonds. The quantitative estimate of drug-likeness (QED) is 0.566. The average Bonchev–Trinajstić information content (AvgIpc) is 2.34. The topological polar surface area (TPSA) is 61.8 Å². The third-order valence-corrected chi connectivity index (χ3v) is 5.03. The minimum absolute atomic E-state index is 0.292. The lowest BCUT2D eigenvalue weighted by molar-refractivity contribution is -0.121. The van der Waals surface area contributed by atoms with Gasteiger partial charge in [0.05, 0.1) is 0 Å². The molecule has 108 valence electrons. The van der Waals surface area contributed by atoms with Gasteiger partial charge in [-0.25, -0.2) is 9.59 Å². The predicted molar refractivity (Wildman–Crippen MR) is 67.7 cm³/mol. The SMILES string of the molecule is CC1CCC1(C)OC(=O)OC(=O)OC1(C)CCC1C. The van der Waals surface area contributed by atoms with Crippen LogP contribution in [0, 0.1) is 11.8 Å². The second-order valence-corrected chi connectivity index (χ2v) is 6.31. The molecule has 5 nitrogen and oxygen atoms in total. The van der Waals surface area contributed by atoms with Crippen molar-refractivity contribution in [2.75, 3.05) is 0 Å². The summed E-state index contributed by atoms with van der Waals surface area (Å²) in [4.78, 5) is 23.1. The number of carbonyl (C=O) groups is 2. The van der Waals surface area contributed by atoms with E-state index in [1.165, 1.54) is 0 Å². The maximum absolute atomic E-state index is 11.5. The summed E-state index contributed by atoms with van der Waals surface area (Å²) in [5.74, 6) is 0.584. The molecule has 0 N–H and O–H groups in total. The molecule has 0 aromatic rings. The molecule has 0 spiro atoms. The Morgan fingerprint density at radius 3 is 1.47 bits per heavy atom. The van der Waals surface area contributed by atoms with E-state index in [1.807, 2.05) is 27.7 Å². The van der Waals surface area contributed by atoms with Crippen molar-refractivity contribution in [2.24, 2.45) is 11.8 Å². The Morgan fingerprint density at radius 2 is 1.26 bits per heavy atom. The van der Waals surface area contributed by atoms with Crippen molar-refractivity contribution in [1.82, 2.24) is 0 Å². The highest BCUT2D eigenvalue weighted by atomic mass is 16.8. The van der Waals surface area contributed by atoms with Crippen LogP contribution in [0.2, 0.25) is 0 Å². The highest BCUT2D eigenvalue weighted by molar-refractivity contribution is 5.77. The normalized spacial score (nSPS) is 40.6. The van der Waals surface area contributed by atoms with Crippen LogP contribution in [0.1, 0.15) is 53.4 Å². The van der Waals surface area contributed by atoms with Gasteiger partial charge in [0.1, 0.15) is 11.2 Å². The molecule has 2 fully saturated rings. The van der Waals surface area contributed by atoms with Gasteiger partial charge in [-0.2, -0.15) is 0 Å². The molecule has 2 rings (SSSR count). The Kier molecular flexibility index (Phi) is 3.49. The maximum atomic E-state index is 11.5. The standard InChI is InChI=1S/C14H22O5/c1-9-5-7-13(9,3)18-11(15)17-12(16)19-14(4)8-6-10(14)2/h9-10H,5-8H2,1-4H3. The number of ether oxygens (including phenoxy) is 3. The highest BCUT2D eigenvalue weighted by Crippen LogP contribution is 2.42. The second kappa shape index (κ2) is 4.69. The molecule has 0 radical (unpaired) electrons. The van der Waals surface area contributed by atoms with Gasteiger partial charge in [0.2, 0.25) is 0 Å². The van der Waals surface area contributed by atoms with Crippen LogP contribution in [0.5, 0.6) is 0 Å². The molecule has 0 bridgehead atoms. The summed E-state index contributed by atoms with van der Waals surface area (Å²) in [6.45, 7) is 7.71. The van der Waals surface area contributed by atoms with Crippen LogP contribution in [0.25, 0.3) is 0 Å². The molecule has 0 aliphatic heterocycles. The average molecular weight is 270 g/mol. The van der Waals surface area contributed by atoms with E-state index in [0.29, 0.717) is 11.8 Å². The fourth-order valence-electron chi connectivity index (χ4n) is 2.47. The Balaban J connectivity index is 1.78. The largest absolute Gasteiger partial charge is 0.519 e. The van der Waals surface area contributed by atoms with Crippen LogP contribution < -0.4 is 0 Å². The summed E-state index contributed by atoms with van der Waals surface area (Å²) in [6.07, 6.45) is 1.71. The minimum atomic E-state index is -0.963. The van der Waals surface area contributed by atoms with Gasteiger partial charge < -0.3 is 14.2 Å². The fourth-order valence-corrected chi connectivity index (χ4v) is 2.47. The molecule has 4 unspecified atom stereocenters. The van der Waals surface area contributed by atoms with Gasteiger partial charge in [-0.1, -0.05) is 13.8 Å². The van der Waals surface area contributed by atoms with Crippen LogP contribution in [0.3, 0.4) is 0 Å². The Labute approximate surface area is 113 Å². The van der Waals surface area contributed by atoms with Crippen LogP contribution in [0.4, 0.5) is 9.59 Å². The monoisotopic (exact) mass is 270 g/mol. The lowest BCUT2D eigenvalue weighted by Gasteiger charge is -2.44. The van der Waals surface area contributed by atoms with Crippen molar-refractivity contribution in [3.8, 4) is 0 Å². The van der Waals surface area contributed by atoms with Crippen molar-refractivity contribution in [2.45, 2.75) is 64.6 Å². The van der Waals surface area contributed by atoms with Gasteiger partial charge in [0.25, 0.3) is 0 Å². The Morgan fingerprint density at radius 1 is 0.895 bits per heavy atom. The molecular formula is C14H22O5. The molecule has 4 atom stereocenters. The fraction of sp³-hybridized carbons (Fsp3) is 0.857. The van der Waals surface area contributed by atoms with Crippen LogP contribution in [0.15, 0.2) is 0 Å². The van der Waals surface area contributed by atoms with Crippen molar-refractivity contribution in [3.05, 3.63) is 0 Å². The van der Waals surface area contributed by atoms with E-state index in [2.05, 4.69) is 4.74 Å². The molecule has 2 aliphatic rings. The first kappa shape index (κ1) is 14.2. The van der Waals surface area contributed by atoms with E-state index in [0.717, 1.165) is 25.7 Å². The lowest BCUT2D eigenvalue weighted by atomic mass is 9.72. The number of carbonyl (C=O) groups excluding carboxylic acids is 2. The number of rotatable bonds is 2. The highest BCUT2D eigenvalue weighted by Gasteiger charge is 2.46. The summed E-state index contributed by atoms with van der Waals surface area (Å²) < 4.78 is 14.9. The number of hydrogen-bond donors (Lipinski definition) is 0. The minimum Gasteiger partial charge on any atom is -0.427 e. The summed E-state index contributed by atoms with van der Waals surface area (Å²) in [7, 11) is 0. The van der Waals surface area contributed by atoms with Gasteiger partial charge in [-0.15, -0.1) is 0 Å². The van der Waals surface area contributed by atoms with Crippen molar-refractivity contribution >= 4 is 12.3 Å². The zero-order chi connectivity index (χ0) is 14.3. The summed E-state index contributed by atoms with van der Waals surface area (Å²) in [5, 5.41) is 0. The molecule has 0 aromatic heterocycles. The van der Waals surface area contributed by atoms with Gasteiger partial charge >= 0.3 is 12.3 Å². The lowest BCUT2D eigenvalue weighted by Crippen LogP contribution is -2.48. The molecule has 19 heavy (non-hydrogen) atoms. The third-order valence-electron chi connectivity index (χ3n) is 5.03. The van der Waals surface area contributed by atoms with Gasteiger partial charge in [-0.05, 0) is 51.4 Å². The Hall–Kier alpha value is -1.26. The van der Waals surface area contributed by atoms with E-state index >= 15 is 0 Å². The van der Waals surface area contributed by atoms with Crippen molar-refractivity contribution < 1.29 is 23.8 Å². The van der Waals surface area contributed by atoms with Crippen LogP contribution in [-0.2, 0) is 14.2 Å². The van der Waals surface area contributed by atoms with Crippen LogP contribution >= 0.6 is 0 Å². The molecule has 5 heteroatoms. The van der Waals surface area contributed by atoms with Gasteiger partial charge in [0.15, 0.2) is 0 Å². The predicted octanol–water partition coefficient (Wildman–Crippen LogP) is 3.65. The zero-order valence-electron chi connectivity index (χ0n) is 12.0. The van der Waals surface area contributed by atoms with Crippen molar-refractivity contribution in [3.63, 3.8) is 0 Å². The first-order valence-electron chi connectivity index (χ1n) is 6.89. The zero-order valence-corrected chi connectivity index (χ0v) is 12.0. The molecule has 2 aliphatic carbocycles. The van der Waals surface area contributed by atoms with Gasteiger partial charge in [-0.3, -0.25) is 0 Å². The van der Waals surface area contributed by atoms with E-state index in [9.17, 15) is 9.59 Å². The molecule has 2 saturated carbocycles. The van der Waals surface area contributed by atoms with Gasteiger partial charge in [0, 0.05) is 0 Å². The summed E-state index contributed by atoms with van der Waals surface area (Å²) >= 11 is 0. The number of hydrogen-bond acceptors (Lipinski definition) is 5.